The molecule has 0 saturated heterocycles. The van der Waals surface area contributed by atoms with Crippen LogP contribution < -0.4 is 4.74 Å². The van der Waals surface area contributed by atoms with E-state index < -0.39 is 12.1 Å². The van der Waals surface area contributed by atoms with E-state index >= 15 is 0 Å². The number of hydrogen-bond donors (Lipinski definition) is 0. The lowest BCUT2D eigenvalue weighted by molar-refractivity contribution is -0.138. The van der Waals surface area contributed by atoms with Crippen molar-refractivity contribution in [1.29, 1.82) is 5.26 Å². The van der Waals surface area contributed by atoms with Crippen molar-refractivity contribution < 1.29 is 23.6 Å². The Morgan fingerprint density at radius 2 is 1.96 bits per heavy atom. The van der Waals surface area contributed by atoms with Gasteiger partial charge in [0.2, 0.25) is 0 Å². The molecule has 1 aromatic carbocycles. The van der Waals surface area contributed by atoms with Gasteiger partial charge in [-0.15, -0.1) is 0 Å². The summed E-state index contributed by atoms with van der Waals surface area (Å²) in [6.45, 7) is 5.76. The summed E-state index contributed by atoms with van der Waals surface area (Å²) in [7, 11) is 1.56. The van der Waals surface area contributed by atoms with Crippen molar-refractivity contribution in [2.75, 3.05) is 13.6 Å². The molecule has 28 heavy (non-hydrogen) atoms. The lowest BCUT2D eigenvalue weighted by Crippen LogP contribution is -2.37. The topological polar surface area (TPSA) is 106 Å². The Hall–Kier alpha value is -3.34. The molecule has 0 aliphatic carbocycles. The van der Waals surface area contributed by atoms with E-state index in [9.17, 15) is 9.59 Å². The van der Waals surface area contributed by atoms with Crippen LogP contribution in [0.3, 0.4) is 0 Å². The summed E-state index contributed by atoms with van der Waals surface area (Å²) in [5.41, 5.74) is 1.97. The highest BCUT2D eigenvalue weighted by molar-refractivity contribution is 5.92. The molecule has 0 bridgehead atoms. The van der Waals surface area contributed by atoms with Gasteiger partial charge in [0.25, 0.3) is 5.91 Å². The Kier molecular flexibility index (Phi) is 7.15. The van der Waals surface area contributed by atoms with E-state index in [0.29, 0.717) is 23.7 Å². The van der Waals surface area contributed by atoms with Crippen molar-refractivity contribution in [3.63, 3.8) is 0 Å². The van der Waals surface area contributed by atoms with Crippen molar-refractivity contribution in [3.8, 4) is 11.8 Å². The molecule has 0 fully saturated rings. The lowest BCUT2D eigenvalue weighted by Gasteiger charge is -2.20. The highest BCUT2D eigenvalue weighted by Gasteiger charge is 2.22. The highest BCUT2D eigenvalue weighted by Crippen LogP contribution is 2.18. The molecular weight excluding hydrogens is 362 g/mol. The van der Waals surface area contributed by atoms with Crippen LogP contribution in [0, 0.1) is 25.2 Å². The number of hydrogen-bond acceptors (Lipinski definition) is 7. The quantitative estimate of drug-likeness (QED) is 0.643. The van der Waals surface area contributed by atoms with E-state index in [0.717, 1.165) is 11.3 Å². The van der Waals surface area contributed by atoms with Crippen LogP contribution in [0.2, 0.25) is 0 Å². The normalized spacial score (nSPS) is 11.4. The molecule has 8 heteroatoms. The van der Waals surface area contributed by atoms with Gasteiger partial charge in [0.05, 0.1) is 29.3 Å². The van der Waals surface area contributed by atoms with Crippen LogP contribution in [0.4, 0.5) is 0 Å². The molecule has 0 radical (unpaired) electrons. The molecule has 1 heterocycles. The van der Waals surface area contributed by atoms with Gasteiger partial charge >= 0.3 is 5.97 Å². The number of carbonyl (C=O) groups excluding carboxylic acids is 2. The SMILES string of the molecule is Cc1noc(C)c1COc1ccc(C(=O)O[C@H](C)C(=O)N(C)CCC#N)cc1. The highest BCUT2D eigenvalue weighted by atomic mass is 16.5. The first kappa shape index (κ1) is 21.0. The van der Waals surface area contributed by atoms with Gasteiger partial charge in [-0.1, -0.05) is 5.16 Å². The molecule has 0 saturated carbocycles. The predicted molar refractivity (Wildman–Crippen MR) is 99.5 cm³/mol. The average Bonchev–Trinajstić information content (AvgIpc) is 3.01. The van der Waals surface area contributed by atoms with Crippen LogP contribution in [0.5, 0.6) is 5.75 Å². The van der Waals surface area contributed by atoms with Crippen molar-refractivity contribution in [3.05, 3.63) is 46.8 Å². The molecule has 2 rings (SSSR count). The molecular formula is C20H23N3O5. The van der Waals surface area contributed by atoms with Crippen LogP contribution in [-0.4, -0.2) is 41.6 Å². The minimum absolute atomic E-state index is 0.221. The van der Waals surface area contributed by atoms with Gasteiger partial charge in [-0.05, 0) is 45.0 Å². The maximum Gasteiger partial charge on any atom is 0.338 e. The number of benzene rings is 1. The average molecular weight is 385 g/mol. The third-order valence-corrected chi connectivity index (χ3v) is 4.22. The number of carbonyl (C=O) groups is 2. The van der Waals surface area contributed by atoms with Gasteiger partial charge in [0.1, 0.15) is 18.1 Å². The minimum Gasteiger partial charge on any atom is -0.489 e. The number of ether oxygens (including phenoxy) is 2. The van der Waals surface area contributed by atoms with E-state index in [2.05, 4.69) is 5.16 Å². The predicted octanol–water partition coefficient (Wildman–Crippen LogP) is 2.79. The molecule has 1 aromatic heterocycles. The van der Waals surface area contributed by atoms with E-state index in [1.54, 1.807) is 31.3 Å². The summed E-state index contributed by atoms with van der Waals surface area (Å²) in [5.74, 6) is 0.322. The van der Waals surface area contributed by atoms with E-state index in [1.165, 1.54) is 11.8 Å². The van der Waals surface area contributed by atoms with Gasteiger partial charge in [-0.25, -0.2) is 4.79 Å². The second kappa shape index (κ2) is 9.55. The summed E-state index contributed by atoms with van der Waals surface area (Å²) in [5, 5.41) is 12.5. The summed E-state index contributed by atoms with van der Waals surface area (Å²) >= 11 is 0. The van der Waals surface area contributed by atoms with Crippen LogP contribution in [0.25, 0.3) is 0 Å². The first-order chi connectivity index (χ1) is 13.3. The number of nitrogens with zero attached hydrogens (tertiary/aromatic N) is 3. The first-order valence-electron chi connectivity index (χ1n) is 8.81. The number of aromatic nitrogens is 1. The minimum atomic E-state index is -0.938. The lowest BCUT2D eigenvalue weighted by atomic mass is 10.2. The smallest absolute Gasteiger partial charge is 0.338 e. The fourth-order valence-corrected chi connectivity index (χ4v) is 2.47. The number of amides is 1. The molecule has 148 valence electrons. The molecule has 2 aromatic rings. The molecule has 0 aliphatic heterocycles. The van der Waals surface area contributed by atoms with Gasteiger partial charge < -0.3 is 18.9 Å². The Balaban J connectivity index is 1.90. The van der Waals surface area contributed by atoms with Gasteiger partial charge in [-0.2, -0.15) is 5.26 Å². The van der Waals surface area contributed by atoms with E-state index in [4.69, 9.17) is 19.3 Å². The maximum absolute atomic E-state index is 12.2. The fraction of sp³-hybridized carbons (Fsp3) is 0.400. The summed E-state index contributed by atoms with van der Waals surface area (Å²) in [6, 6.07) is 8.42. The van der Waals surface area contributed by atoms with Crippen LogP contribution in [0.1, 0.15) is 40.7 Å². The monoisotopic (exact) mass is 385 g/mol. The van der Waals surface area contributed by atoms with Crippen molar-refractivity contribution >= 4 is 11.9 Å². The third-order valence-electron chi connectivity index (χ3n) is 4.22. The zero-order valence-corrected chi connectivity index (χ0v) is 16.4. The molecule has 0 N–H and O–H groups in total. The standard InChI is InChI=1S/C20H23N3O5/c1-13-18(14(2)28-22-13)12-26-17-8-6-16(7-9-17)20(25)27-15(3)19(24)23(4)11-5-10-21/h6-9,15H,5,11-12H2,1-4H3/t15-/m1/s1. The number of esters is 1. The zero-order chi connectivity index (χ0) is 20.7. The largest absolute Gasteiger partial charge is 0.489 e. The number of nitriles is 1. The Bertz CT molecular complexity index is 847. The summed E-state index contributed by atoms with van der Waals surface area (Å²) < 4.78 is 16.0. The van der Waals surface area contributed by atoms with Crippen molar-refractivity contribution in [2.24, 2.45) is 0 Å². The Labute approximate surface area is 163 Å². The summed E-state index contributed by atoms with van der Waals surface area (Å²) in [4.78, 5) is 25.7. The van der Waals surface area contributed by atoms with Gasteiger partial charge in [-0.3, -0.25) is 4.79 Å². The summed E-state index contributed by atoms with van der Waals surface area (Å²) in [6.07, 6.45) is -0.718. The van der Waals surface area contributed by atoms with Gasteiger partial charge in [0.15, 0.2) is 6.10 Å². The first-order valence-corrected chi connectivity index (χ1v) is 8.81. The molecule has 1 atom stereocenters. The van der Waals surface area contributed by atoms with Gasteiger partial charge in [0, 0.05) is 13.6 Å². The Morgan fingerprint density at radius 3 is 2.54 bits per heavy atom. The fourth-order valence-electron chi connectivity index (χ4n) is 2.47. The van der Waals surface area contributed by atoms with Crippen LogP contribution in [-0.2, 0) is 16.1 Å². The van der Waals surface area contributed by atoms with Crippen molar-refractivity contribution in [1.82, 2.24) is 10.1 Å². The third kappa shape index (κ3) is 5.33. The molecule has 0 spiro atoms. The van der Waals surface area contributed by atoms with E-state index in [1.807, 2.05) is 19.9 Å². The van der Waals surface area contributed by atoms with Crippen LogP contribution >= 0.6 is 0 Å². The van der Waals surface area contributed by atoms with Crippen LogP contribution in [0.15, 0.2) is 28.8 Å². The molecule has 0 aliphatic rings. The number of likely N-dealkylation sites (N-methyl/N-ethyl adjacent to an activating group) is 1. The Morgan fingerprint density at radius 1 is 1.29 bits per heavy atom. The molecule has 0 unspecified atom stereocenters. The number of rotatable bonds is 8. The zero-order valence-electron chi connectivity index (χ0n) is 16.4. The molecule has 1 amide bonds. The molecule has 8 nitrogen and oxygen atoms in total. The second-order valence-electron chi connectivity index (χ2n) is 6.33. The van der Waals surface area contributed by atoms with Crippen molar-refractivity contribution in [2.45, 2.75) is 39.9 Å². The number of aryl methyl sites for hydroxylation is 2. The second-order valence-corrected chi connectivity index (χ2v) is 6.33. The van der Waals surface area contributed by atoms with E-state index in [-0.39, 0.29) is 18.9 Å². The maximum atomic E-state index is 12.2.